The Morgan fingerprint density at radius 1 is 1.29 bits per heavy atom. The Kier molecular flexibility index (Phi) is 3.07. The van der Waals surface area contributed by atoms with E-state index in [9.17, 15) is 17.6 Å². The summed E-state index contributed by atoms with van der Waals surface area (Å²) in [6.07, 6.45) is -4.18. The van der Waals surface area contributed by atoms with Gasteiger partial charge < -0.3 is 4.57 Å². The molecular weight excluding hydrogens is 202 g/mol. The summed E-state index contributed by atoms with van der Waals surface area (Å²) in [5.41, 5.74) is 0. The molecule has 0 aliphatic rings. The number of halogens is 4. The molecule has 0 atom stereocenters. The zero-order valence-corrected chi connectivity index (χ0v) is 7.47. The molecule has 0 aliphatic carbocycles. The molecule has 80 valence electrons. The van der Waals surface area contributed by atoms with Gasteiger partial charge in [-0.05, 0) is 6.42 Å². The van der Waals surface area contributed by atoms with Crippen molar-refractivity contribution in [2.24, 2.45) is 7.05 Å². The third-order valence-corrected chi connectivity index (χ3v) is 1.75. The summed E-state index contributed by atoms with van der Waals surface area (Å²) in [7, 11) is 1.22. The summed E-state index contributed by atoms with van der Waals surface area (Å²) in [6, 6.07) is 0. The molecule has 14 heavy (non-hydrogen) atoms. The van der Waals surface area contributed by atoms with Gasteiger partial charge in [0.25, 0.3) is 0 Å². The van der Waals surface area contributed by atoms with Crippen molar-refractivity contribution < 1.29 is 17.6 Å². The van der Waals surface area contributed by atoms with E-state index in [1.165, 1.54) is 7.05 Å². The molecule has 0 radical (unpaired) electrons. The van der Waals surface area contributed by atoms with Gasteiger partial charge in [-0.2, -0.15) is 13.2 Å². The van der Waals surface area contributed by atoms with Crippen molar-refractivity contribution in [3.63, 3.8) is 0 Å². The van der Waals surface area contributed by atoms with E-state index >= 15 is 0 Å². The fourth-order valence-corrected chi connectivity index (χ4v) is 1.05. The quantitative estimate of drug-likeness (QED) is 0.713. The van der Waals surface area contributed by atoms with Crippen molar-refractivity contribution in [1.29, 1.82) is 0 Å². The zero-order valence-electron chi connectivity index (χ0n) is 7.47. The molecule has 0 saturated carbocycles. The Morgan fingerprint density at radius 2 is 1.93 bits per heavy atom. The average Bonchev–Trinajstić information content (AvgIpc) is 2.42. The van der Waals surface area contributed by atoms with Crippen LogP contribution in [0.4, 0.5) is 17.6 Å². The molecule has 0 fully saturated rings. The molecule has 3 nitrogen and oxygen atoms in total. The van der Waals surface area contributed by atoms with Crippen LogP contribution >= 0.6 is 0 Å². The summed E-state index contributed by atoms with van der Waals surface area (Å²) in [4.78, 5) is 0. The monoisotopic (exact) mass is 211 g/mol. The Labute approximate surface area is 77.7 Å². The van der Waals surface area contributed by atoms with E-state index in [0.717, 1.165) is 4.57 Å². The maximum atomic E-state index is 12.2. The predicted octanol–water partition coefficient (Wildman–Crippen LogP) is 1.74. The van der Waals surface area contributed by atoms with Crippen LogP contribution in [0, 0.1) is 0 Å². The van der Waals surface area contributed by atoms with Crippen molar-refractivity contribution in [2.45, 2.75) is 19.0 Å². The first-order valence-corrected chi connectivity index (χ1v) is 3.98. The minimum atomic E-state index is -4.50. The van der Waals surface area contributed by atoms with Crippen LogP contribution in [0.2, 0.25) is 0 Å². The smallest absolute Gasteiger partial charge is 0.310 e. The molecule has 0 aromatic carbocycles. The molecular formula is C7H9F4N3. The van der Waals surface area contributed by atoms with Crippen molar-refractivity contribution in [3.05, 3.63) is 11.6 Å². The lowest BCUT2D eigenvalue weighted by molar-refractivity contribution is -0.147. The minimum absolute atomic E-state index is 0.148. The second-order valence-electron chi connectivity index (χ2n) is 2.79. The van der Waals surface area contributed by atoms with Crippen LogP contribution in [0.15, 0.2) is 0 Å². The minimum Gasteiger partial charge on any atom is -0.310 e. The lowest BCUT2D eigenvalue weighted by atomic mass is 10.3. The van der Waals surface area contributed by atoms with Gasteiger partial charge in [0.15, 0.2) is 0 Å². The zero-order chi connectivity index (χ0) is 10.8. The number of aryl methyl sites for hydroxylation is 1. The van der Waals surface area contributed by atoms with Crippen LogP contribution in [0.25, 0.3) is 0 Å². The number of rotatable bonds is 3. The first kappa shape index (κ1) is 10.9. The molecule has 1 rings (SSSR count). The number of nitrogens with zero attached hydrogens (tertiary/aromatic N) is 3. The number of alkyl halides is 4. The molecule has 0 aliphatic heterocycles. The molecule has 1 heterocycles. The highest BCUT2D eigenvalue weighted by Crippen LogP contribution is 2.27. The van der Waals surface area contributed by atoms with Crippen LogP contribution in [-0.4, -0.2) is 21.4 Å². The van der Waals surface area contributed by atoms with Crippen LogP contribution in [0.3, 0.4) is 0 Å². The summed E-state index contributed by atoms with van der Waals surface area (Å²) < 4.78 is 49.2. The third-order valence-electron chi connectivity index (χ3n) is 1.75. The molecule has 0 amide bonds. The van der Waals surface area contributed by atoms with E-state index in [4.69, 9.17) is 0 Å². The Morgan fingerprint density at radius 3 is 2.36 bits per heavy atom. The average molecular weight is 211 g/mol. The van der Waals surface area contributed by atoms with Gasteiger partial charge in [-0.3, -0.25) is 4.39 Å². The summed E-state index contributed by atoms with van der Waals surface area (Å²) in [5.74, 6) is -0.902. The third kappa shape index (κ3) is 2.21. The van der Waals surface area contributed by atoms with E-state index in [1.807, 2.05) is 0 Å². The molecule has 0 saturated heterocycles. The molecule has 0 spiro atoms. The summed E-state index contributed by atoms with van der Waals surface area (Å²) in [5, 5.41) is 6.35. The molecule has 1 aromatic heterocycles. The van der Waals surface area contributed by atoms with Gasteiger partial charge in [-0.1, -0.05) is 0 Å². The van der Waals surface area contributed by atoms with E-state index in [1.54, 1.807) is 0 Å². The van der Waals surface area contributed by atoms with Crippen molar-refractivity contribution >= 4 is 0 Å². The highest BCUT2D eigenvalue weighted by Gasteiger charge is 2.37. The largest absolute Gasteiger partial charge is 0.451 e. The maximum absolute atomic E-state index is 12.2. The van der Waals surface area contributed by atoms with Crippen LogP contribution in [-0.2, 0) is 19.6 Å². The SMILES string of the molecule is Cn1c(CCCF)nnc1C(F)(F)F. The fourth-order valence-electron chi connectivity index (χ4n) is 1.05. The highest BCUT2D eigenvalue weighted by atomic mass is 19.4. The van der Waals surface area contributed by atoms with Gasteiger partial charge in [0.2, 0.25) is 5.82 Å². The van der Waals surface area contributed by atoms with E-state index < -0.39 is 18.7 Å². The van der Waals surface area contributed by atoms with Crippen LogP contribution in [0.5, 0.6) is 0 Å². The van der Waals surface area contributed by atoms with Crippen molar-refractivity contribution in [3.8, 4) is 0 Å². The fraction of sp³-hybridized carbons (Fsp3) is 0.714. The Hall–Kier alpha value is -1.14. The normalized spacial score (nSPS) is 12.1. The van der Waals surface area contributed by atoms with Crippen LogP contribution in [0.1, 0.15) is 18.1 Å². The van der Waals surface area contributed by atoms with Gasteiger partial charge in [0.05, 0.1) is 6.67 Å². The lowest BCUT2D eigenvalue weighted by Crippen LogP contribution is -2.13. The van der Waals surface area contributed by atoms with E-state index in [0.29, 0.717) is 0 Å². The van der Waals surface area contributed by atoms with E-state index in [-0.39, 0.29) is 18.7 Å². The molecule has 0 unspecified atom stereocenters. The van der Waals surface area contributed by atoms with Crippen LogP contribution < -0.4 is 0 Å². The molecule has 0 N–H and O–H groups in total. The first-order valence-electron chi connectivity index (χ1n) is 3.98. The topological polar surface area (TPSA) is 30.7 Å². The predicted molar refractivity (Wildman–Crippen MR) is 40.3 cm³/mol. The number of hydrogen-bond donors (Lipinski definition) is 0. The first-order chi connectivity index (χ1) is 6.46. The Bertz CT molecular complexity index is 304. The van der Waals surface area contributed by atoms with Gasteiger partial charge >= 0.3 is 6.18 Å². The molecule has 0 bridgehead atoms. The molecule has 1 aromatic rings. The van der Waals surface area contributed by atoms with Gasteiger partial charge in [-0.15, -0.1) is 10.2 Å². The van der Waals surface area contributed by atoms with Crippen molar-refractivity contribution in [1.82, 2.24) is 14.8 Å². The number of aromatic nitrogens is 3. The maximum Gasteiger partial charge on any atom is 0.451 e. The summed E-state index contributed by atoms with van der Waals surface area (Å²) >= 11 is 0. The second-order valence-corrected chi connectivity index (χ2v) is 2.79. The van der Waals surface area contributed by atoms with E-state index in [2.05, 4.69) is 10.2 Å². The number of hydrogen-bond acceptors (Lipinski definition) is 2. The lowest BCUT2D eigenvalue weighted by Gasteiger charge is -2.05. The standard InChI is InChI=1S/C7H9F4N3/c1-14-5(3-2-4-8)12-13-6(14)7(9,10)11/h2-4H2,1H3. The van der Waals surface area contributed by atoms with Gasteiger partial charge in [0.1, 0.15) is 5.82 Å². The highest BCUT2D eigenvalue weighted by molar-refractivity contribution is 4.98. The van der Waals surface area contributed by atoms with Crippen molar-refractivity contribution in [2.75, 3.05) is 6.67 Å². The van der Waals surface area contributed by atoms with Gasteiger partial charge in [0, 0.05) is 13.5 Å². The Balaban J connectivity index is 2.86. The molecule has 7 heteroatoms. The van der Waals surface area contributed by atoms with Gasteiger partial charge in [-0.25, -0.2) is 0 Å². The second kappa shape index (κ2) is 3.93. The summed E-state index contributed by atoms with van der Waals surface area (Å²) in [6.45, 7) is -0.575.